The first-order valence-electron chi connectivity index (χ1n) is 9.87. The minimum absolute atomic E-state index is 0. The van der Waals surface area contributed by atoms with Gasteiger partial charge in [-0.25, -0.2) is 9.37 Å². The van der Waals surface area contributed by atoms with E-state index in [-0.39, 0.29) is 29.8 Å². The SMILES string of the molecule is CN=C(NCCCn1nc(C)cc1C)NCc1ccc(Oc2cccc(F)c2)nc1.I. The Balaban J connectivity index is 0.00000341. The monoisotopic (exact) mass is 538 g/mol. The molecule has 0 spiro atoms. The van der Waals surface area contributed by atoms with E-state index >= 15 is 0 Å². The van der Waals surface area contributed by atoms with E-state index in [1.807, 2.05) is 17.7 Å². The summed E-state index contributed by atoms with van der Waals surface area (Å²) < 4.78 is 20.8. The van der Waals surface area contributed by atoms with Crippen LogP contribution in [-0.2, 0) is 13.1 Å². The number of hydrogen-bond donors (Lipinski definition) is 2. The van der Waals surface area contributed by atoms with Crippen LogP contribution in [0.2, 0.25) is 0 Å². The fraction of sp³-hybridized carbons (Fsp3) is 0.318. The molecule has 3 rings (SSSR count). The molecule has 166 valence electrons. The Hall–Kier alpha value is -2.69. The van der Waals surface area contributed by atoms with Crippen molar-refractivity contribution < 1.29 is 9.13 Å². The first-order valence-corrected chi connectivity index (χ1v) is 9.87. The van der Waals surface area contributed by atoms with Crippen LogP contribution in [0.4, 0.5) is 4.39 Å². The molecule has 0 amide bonds. The molecule has 0 aliphatic rings. The van der Waals surface area contributed by atoms with Crippen LogP contribution in [0, 0.1) is 19.7 Å². The summed E-state index contributed by atoms with van der Waals surface area (Å²) in [7, 11) is 1.74. The third kappa shape index (κ3) is 7.82. The summed E-state index contributed by atoms with van der Waals surface area (Å²) in [5.41, 5.74) is 3.19. The van der Waals surface area contributed by atoms with Gasteiger partial charge in [-0.2, -0.15) is 5.10 Å². The number of guanidine groups is 1. The van der Waals surface area contributed by atoms with Gasteiger partial charge in [0.1, 0.15) is 11.6 Å². The van der Waals surface area contributed by atoms with Gasteiger partial charge in [-0.15, -0.1) is 24.0 Å². The number of pyridine rings is 1. The Bertz CT molecular complexity index is 990. The van der Waals surface area contributed by atoms with Gasteiger partial charge in [-0.1, -0.05) is 12.1 Å². The largest absolute Gasteiger partial charge is 0.439 e. The van der Waals surface area contributed by atoms with E-state index in [9.17, 15) is 4.39 Å². The lowest BCUT2D eigenvalue weighted by molar-refractivity contribution is 0.457. The molecule has 0 radical (unpaired) electrons. The number of halogens is 2. The van der Waals surface area contributed by atoms with Gasteiger partial charge in [0.15, 0.2) is 5.96 Å². The number of nitrogens with one attached hydrogen (secondary N) is 2. The number of aromatic nitrogens is 3. The Kier molecular flexibility index (Phi) is 9.70. The first kappa shape index (κ1) is 24.6. The van der Waals surface area contributed by atoms with Crippen LogP contribution >= 0.6 is 24.0 Å². The Morgan fingerprint density at radius 2 is 2.00 bits per heavy atom. The summed E-state index contributed by atoms with van der Waals surface area (Å²) >= 11 is 0. The number of benzene rings is 1. The number of nitrogens with zero attached hydrogens (tertiary/aromatic N) is 4. The van der Waals surface area contributed by atoms with Gasteiger partial charge in [0.2, 0.25) is 5.88 Å². The average Bonchev–Trinajstić information content (AvgIpc) is 3.05. The standard InChI is InChI=1S/C22H27FN6O.HI/c1-16-12-17(2)29(28-16)11-5-10-25-22(24-3)27-15-18-8-9-21(26-14-18)30-20-7-4-6-19(23)13-20;/h4,6-9,12-14H,5,10-11,15H2,1-3H3,(H2,24,25,27);1H. The zero-order valence-corrected chi connectivity index (χ0v) is 20.3. The summed E-state index contributed by atoms with van der Waals surface area (Å²) in [6.45, 7) is 6.29. The van der Waals surface area contributed by atoms with Crippen molar-refractivity contribution in [1.29, 1.82) is 0 Å². The van der Waals surface area contributed by atoms with Crippen molar-refractivity contribution in [2.45, 2.75) is 33.4 Å². The maximum atomic E-state index is 13.2. The van der Waals surface area contributed by atoms with E-state index in [0.717, 1.165) is 36.7 Å². The molecule has 9 heteroatoms. The Labute approximate surface area is 199 Å². The van der Waals surface area contributed by atoms with Gasteiger partial charge in [0.25, 0.3) is 0 Å². The van der Waals surface area contributed by atoms with E-state index in [0.29, 0.717) is 18.2 Å². The third-order valence-corrected chi connectivity index (χ3v) is 4.44. The van der Waals surface area contributed by atoms with Crippen LogP contribution in [0.1, 0.15) is 23.4 Å². The van der Waals surface area contributed by atoms with E-state index in [1.54, 1.807) is 31.4 Å². The molecule has 31 heavy (non-hydrogen) atoms. The summed E-state index contributed by atoms with van der Waals surface area (Å²) in [5.74, 6) is 1.21. The number of hydrogen-bond acceptors (Lipinski definition) is 4. The van der Waals surface area contributed by atoms with Gasteiger partial charge in [-0.3, -0.25) is 9.67 Å². The Morgan fingerprint density at radius 3 is 2.65 bits per heavy atom. The van der Waals surface area contributed by atoms with E-state index < -0.39 is 0 Å². The van der Waals surface area contributed by atoms with Crippen LogP contribution < -0.4 is 15.4 Å². The Morgan fingerprint density at radius 1 is 1.16 bits per heavy atom. The fourth-order valence-corrected chi connectivity index (χ4v) is 2.97. The molecule has 3 aromatic rings. The maximum absolute atomic E-state index is 13.2. The van der Waals surface area contributed by atoms with Crippen LogP contribution in [0.5, 0.6) is 11.6 Å². The molecule has 2 aromatic heterocycles. The van der Waals surface area contributed by atoms with E-state index in [2.05, 4.69) is 38.7 Å². The topological polar surface area (TPSA) is 76.4 Å². The van der Waals surface area contributed by atoms with Crippen molar-refractivity contribution in [2.75, 3.05) is 13.6 Å². The normalized spacial score (nSPS) is 11.0. The molecule has 0 unspecified atom stereocenters. The molecule has 0 fully saturated rings. The van der Waals surface area contributed by atoms with E-state index in [4.69, 9.17) is 4.74 Å². The van der Waals surface area contributed by atoms with Crippen molar-refractivity contribution in [2.24, 2.45) is 4.99 Å². The molecule has 0 aliphatic heterocycles. The molecular formula is C22H28FIN6O. The van der Waals surface area contributed by atoms with Gasteiger partial charge < -0.3 is 15.4 Å². The lowest BCUT2D eigenvalue weighted by Crippen LogP contribution is -2.37. The molecule has 7 nitrogen and oxygen atoms in total. The summed E-state index contributed by atoms with van der Waals surface area (Å²) in [6, 6.07) is 11.7. The zero-order chi connectivity index (χ0) is 21.3. The second-order valence-corrected chi connectivity index (χ2v) is 6.92. The lowest BCUT2D eigenvalue weighted by Gasteiger charge is -2.12. The zero-order valence-electron chi connectivity index (χ0n) is 17.9. The molecule has 0 aliphatic carbocycles. The molecule has 0 bridgehead atoms. The predicted octanol–water partition coefficient (Wildman–Crippen LogP) is 4.20. The highest BCUT2D eigenvalue weighted by Crippen LogP contribution is 2.19. The highest BCUT2D eigenvalue weighted by Gasteiger charge is 2.03. The van der Waals surface area contributed by atoms with Crippen molar-refractivity contribution in [3.8, 4) is 11.6 Å². The number of aliphatic imine (C=N–C) groups is 1. The van der Waals surface area contributed by atoms with Crippen molar-refractivity contribution >= 4 is 29.9 Å². The van der Waals surface area contributed by atoms with Gasteiger partial charge in [0.05, 0.1) is 5.69 Å². The summed E-state index contributed by atoms with van der Waals surface area (Å²) in [5, 5.41) is 11.0. The average molecular weight is 538 g/mol. The van der Waals surface area contributed by atoms with Crippen LogP contribution in [0.15, 0.2) is 53.7 Å². The smallest absolute Gasteiger partial charge is 0.219 e. The third-order valence-electron chi connectivity index (χ3n) is 4.44. The minimum atomic E-state index is -0.345. The summed E-state index contributed by atoms with van der Waals surface area (Å²) in [4.78, 5) is 8.51. The van der Waals surface area contributed by atoms with Gasteiger partial charge in [0, 0.05) is 50.7 Å². The molecule has 1 aromatic carbocycles. The number of rotatable bonds is 8. The molecule has 0 saturated heterocycles. The molecular weight excluding hydrogens is 510 g/mol. The van der Waals surface area contributed by atoms with Gasteiger partial charge in [-0.05, 0) is 44.0 Å². The van der Waals surface area contributed by atoms with Crippen molar-refractivity contribution in [3.05, 3.63) is 71.4 Å². The number of aryl methyl sites for hydroxylation is 3. The quantitative estimate of drug-likeness (QED) is 0.195. The minimum Gasteiger partial charge on any atom is -0.439 e. The maximum Gasteiger partial charge on any atom is 0.219 e. The second-order valence-electron chi connectivity index (χ2n) is 6.92. The highest BCUT2D eigenvalue weighted by atomic mass is 127. The molecule has 2 heterocycles. The highest BCUT2D eigenvalue weighted by molar-refractivity contribution is 14.0. The molecule has 0 saturated carbocycles. The fourth-order valence-electron chi connectivity index (χ4n) is 2.97. The predicted molar refractivity (Wildman–Crippen MR) is 131 cm³/mol. The van der Waals surface area contributed by atoms with Crippen LogP contribution in [0.25, 0.3) is 0 Å². The van der Waals surface area contributed by atoms with Crippen molar-refractivity contribution in [3.63, 3.8) is 0 Å². The molecule has 2 N–H and O–H groups in total. The molecule has 0 atom stereocenters. The van der Waals surface area contributed by atoms with Gasteiger partial charge >= 0.3 is 0 Å². The van der Waals surface area contributed by atoms with Crippen LogP contribution in [-0.4, -0.2) is 34.3 Å². The van der Waals surface area contributed by atoms with E-state index in [1.165, 1.54) is 17.8 Å². The van der Waals surface area contributed by atoms with Crippen molar-refractivity contribution in [1.82, 2.24) is 25.4 Å². The van der Waals surface area contributed by atoms with Crippen LogP contribution in [0.3, 0.4) is 0 Å². The summed E-state index contributed by atoms with van der Waals surface area (Å²) in [6.07, 6.45) is 2.66. The first-order chi connectivity index (χ1) is 14.5. The lowest BCUT2D eigenvalue weighted by atomic mass is 10.3. The number of ether oxygens (including phenoxy) is 1. The second kappa shape index (κ2) is 12.2.